The number of hydrogen-bond donors (Lipinski definition) is 1. The lowest BCUT2D eigenvalue weighted by molar-refractivity contribution is -0.137. The highest BCUT2D eigenvalue weighted by Gasteiger charge is 2.30. The van der Waals surface area contributed by atoms with Crippen LogP contribution < -0.4 is 5.32 Å². The molecule has 2 rings (SSSR count). The molecule has 1 heterocycles. The number of nitrogens with one attached hydrogen (secondary N) is 1. The molecule has 0 saturated carbocycles. The summed E-state index contributed by atoms with van der Waals surface area (Å²) in [5.41, 5.74) is -0.420. The van der Waals surface area contributed by atoms with E-state index in [2.05, 4.69) is 5.32 Å². The van der Waals surface area contributed by atoms with E-state index in [-0.39, 0.29) is 19.0 Å². The third kappa shape index (κ3) is 5.09. The highest BCUT2D eigenvalue weighted by molar-refractivity contribution is 5.85. The van der Waals surface area contributed by atoms with Gasteiger partial charge in [0, 0.05) is 26.2 Å². The van der Waals surface area contributed by atoms with Crippen LogP contribution in [-0.4, -0.2) is 37.2 Å². The Bertz CT molecular complexity index is 477. The van der Waals surface area contributed by atoms with Crippen LogP contribution in [-0.2, 0) is 17.5 Å². The van der Waals surface area contributed by atoms with Gasteiger partial charge in [-0.05, 0) is 17.7 Å². The van der Waals surface area contributed by atoms with Crippen LogP contribution in [0.5, 0.6) is 0 Å². The van der Waals surface area contributed by atoms with E-state index in [4.69, 9.17) is 4.74 Å². The number of nitrogens with zero attached hydrogens (tertiary/aromatic N) is 1. The molecule has 1 saturated heterocycles. The van der Waals surface area contributed by atoms with Crippen molar-refractivity contribution in [1.82, 2.24) is 10.2 Å². The van der Waals surface area contributed by atoms with Gasteiger partial charge in [0.2, 0.25) is 0 Å². The fourth-order valence-electron chi connectivity index (χ4n) is 1.92. The first-order valence-electron chi connectivity index (χ1n) is 6.25. The molecule has 4 nitrogen and oxygen atoms in total. The molecule has 21 heavy (non-hydrogen) atoms. The number of alkyl halides is 3. The molecule has 0 aromatic heterocycles. The average Bonchev–Trinajstić information content (AvgIpc) is 2.45. The van der Waals surface area contributed by atoms with Crippen molar-refractivity contribution in [3.05, 3.63) is 35.4 Å². The van der Waals surface area contributed by atoms with Crippen LogP contribution in [0.1, 0.15) is 11.1 Å². The summed E-state index contributed by atoms with van der Waals surface area (Å²) in [4.78, 5) is 13.2. The Morgan fingerprint density at radius 3 is 2.57 bits per heavy atom. The molecule has 1 amide bonds. The molecule has 0 aliphatic carbocycles. The molecular formula is C13H16ClF3N2O2. The molecule has 0 radical (unpaired) electrons. The number of ether oxygens (including phenoxy) is 1. The van der Waals surface area contributed by atoms with E-state index in [1.807, 2.05) is 0 Å². The lowest BCUT2D eigenvalue weighted by Crippen LogP contribution is -2.46. The molecule has 8 heteroatoms. The maximum Gasteiger partial charge on any atom is 0.416 e. The Morgan fingerprint density at radius 2 is 1.95 bits per heavy atom. The minimum absolute atomic E-state index is 0. The van der Waals surface area contributed by atoms with Gasteiger partial charge in [-0.2, -0.15) is 13.2 Å². The van der Waals surface area contributed by atoms with Gasteiger partial charge in [-0.3, -0.25) is 0 Å². The topological polar surface area (TPSA) is 41.6 Å². The van der Waals surface area contributed by atoms with Gasteiger partial charge in [0.15, 0.2) is 0 Å². The Labute approximate surface area is 126 Å². The summed E-state index contributed by atoms with van der Waals surface area (Å²) in [6, 6.07) is 4.78. The van der Waals surface area contributed by atoms with E-state index >= 15 is 0 Å². The molecule has 1 aliphatic heterocycles. The average molecular weight is 325 g/mol. The number of halogens is 4. The van der Waals surface area contributed by atoms with Gasteiger partial charge < -0.3 is 15.0 Å². The fraction of sp³-hybridized carbons (Fsp3) is 0.462. The molecule has 0 atom stereocenters. The van der Waals surface area contributed by atoms with E-state index in [0.717, 1.165) is 12.1 Å². The first-order valence-corrected chi connectivity index (χ1v) is 6.25. The summed E-state index contributed by atoms with van der Waals surface area (Å²) < 4.78 is 42.6. The third-order valence-electron chi connectivity index (χ3n) is 2.99. The van der Waals surface area contributed by atoms with Crippen molar-refractivity contribution in [3.63, 3.8) is 0 Å². The Balaban J connectivity index is 0.00000220. The van der Waals surface area contributed by atoms with Crippen molar-refractivity contribution in [3.8, 4) is 0 Å². The van der Waals surface area contributed by atoms with Crippen LogP contribution in [0.15, 0.2) is 24.3 Å². The van der Waals surface area contributed by atoms with Gasteiger partial charge >= 0.3 is 12.3 Å². The summed E-state index contributed by atoms with van der Waals surface area (Å²) in [5, 5.41) is 3.09. The monoisotopic (exact) mass is 324 g/mol. The largest absolute Gasteiger partial charge is 0.445 e. The highest BCUT2D eigenvalue weighted by atomic mass is 35.5. The van der Waals surface area contributed by atoms with E-state index in [0.29, 0.717) is 31.7 Å². The maximum atomic E-state index is 12.5. The molecule has 0 spiro atoms. The van der Waals surface area contributed by atoms with Gasteiger partial charge in [0.1, 0.15) is 6.61 Å². The predicted molar refractivity (Wildman–Crippen MR) is 73.3 cm³/mol. The van der Waals surface area contributed by atoms with E-state index in [1.165, 1.54) is 17.0 Å². The highest BCUT2D eigenvalue weighted by Crippen LogP contribution is 2.29. The zero-order valence-corrected chi connectivity index (χ0v) is 12.0. The second kappa shape index (κ2) is 7.51. The van der Waals surface area contributed by atoms with Crippen LogP contribution in [0.4, 0.5) is 18.0 Å². The summed E-state index contributed by atoms with van der Waals surface area (Å²) in [5.74, 6) is 0. The number of carbonyl (C=O) groups is 1. The molecule has 118 valence electrons. The smallest absolute Gasteiger partial charge is 0.416 e. The Kier molecular flexibility index (Phi) is 6.29. The number of amides is 1. The third-order valence-corrected chi connectivity index (χ3v) is 2.99. The standard InChI is InChI=1S/C13H15F3N2O2.ClH/c14-13(15,16)11-3-1-2-10(8-11)9-20-12(19)18-6-4-17-5-7-18;/h1-3,8,17H,4-7,9H2;1H. The van der Waals surface area contributed by atoms with Gasteiger partial charge in [0.05, 0.1) is 5.56 Å². The molecule has 1 aliphatic rings. The molecule has 1 fully saturated rings. The van der Waals surface area contributed by atoms with Crippen molar-refractivity contribution in [2.24, 2.45) is 0 Å². The summed E-state index contributed by atoms with van der Waals surface area (Å²) in [7, 11) is 0. The van der Waals surface area contributed by atoms with Crippen LogP contribution in [0.25, 0.3) is 0 Å². The first-order chi connectivity index (χ1) is 9.47. The lowest BCUT2D eigenvalue weighted by Gasteiger charge is -2.26. The van der Waals surface area contributed by atoms with Gasteiger partial charge in [-0.15, -0.1) is 12.4 Å². The normalized spacial score (nSPS) is 15.3. The van der Waals surface area contributed by atoms with E-state index in [1.54, 1.807) is 0 Å². The minimum Gasteiger partial charge on any atom is -0.445 e. The summed E-state index contributed by atoms with van der Waals surface area (Å²) in [6.45, 7) is 2.31. The summed E-state index contributed by atoms with van der Waals surface area (Å²) in [6.07, 6.45) is -4.89. The van der Waals surface area contributed by atoms with Crippen LogP contribution in [0, 0.1) is 0 Å². The minimum atomic E-state index is -4.39. The van der Waals surface area contributed by atoms with Crippen LogP contribution in [0.3, 0.4) is 0 Å². The Hall–Kier alpha value is -1.47. The van der Waals surface area contributed by atoms with E-state index < -0.39 is 17.8 Å². The van der Waals surface area contributed by atoms with Gasteiger partial charge in [-0.1, -0.05) is 12.1 Å². The van der Waals surface area contributed by atoms with Crippen LogP contribution >= 0.6 is 12.4 Å². The SMILES string of the molecule is Cl.O=C(OCc1cccc(C(F)(F)F)c1)N1CCNCC1. The number of hydrogen-bond acceptors (Lipinski definition) is 3. The Morgan fingerprint density at radius 1 is 1.29 bits per heavy atom. The van der Waals surface area contributed by atoms with Crippen molar-refractivity contribution in [1.29, 1.82) is 0 Å². The summed E-state index contributed by atoms with van der Waals surface area (Å²) >= 11 is 0. The number of benzene rings is 1. The predicted octanol–water partition coefficient (Wildman–Crippen LogP) is 2.67. The molecule has 1 aromatic rings. The second-order valence-corrected chi connectivity index (χ2v) is 4.49. The zero-order chi connectivity index (χ0) is 14.6. The molecule has 0 unspecified atom stereocenters. The van der Waals surface area contributed by atoms with Crippen molar-refractivity contribution >= 4 is 18.5 Å². The van der Waals surface area contributed by atoms with Crippen molar-refractivity contribution in [2.45, 2.75) is 12.8 Å². The molecule has 1 N–H and O–H groups in total. The molecule has 1 aromatic carbocycles. The number of piperazine rings is 1. The molecular weight excluding hydrogens is 309 g/mol. The second-order valence-electron chi connectivity index (χ2n) is 4.49. The fourth-order valence-corrected chi connectivity index (χ4v) is 1.92. The first kappa shape index (κ1) is 17.6. The van der Waals surface area contributed by atoms with Crippen molar-refractivity contribution in [2.75, 3.05) is 26.2 Å². The number of carbonyl (C=O) groups excluding carboxylic acids is 1. The quantitative estimate of drug-likeness (QED) is 0.909. The van der Waals surface area contributed by atoms with Crippen molar-refractivity contribution < 1.29 is 22.7 Å². The zero-order valence-electron chi connectivity index (χ0n) is 11.2. The number of rotatable bonds is 2. The molecule has 0 bridgehead atoms. The lowest BCUT2D eigenvalue weighted by atomic mass is 10.1. The van der Waals surface area contributed by atoms with Crippen LogP contribution in [0.2, 0.25) is 0 Å². The van der Waals surface area contributed by atoms with E-state index in [9.17, 15) is 18.0 Å². The maximum absolute atomic E-state index is 12.5. The van der Waals surface area contributed by atoms with Gasteiger partial charge in [-0.25, -0.2) is 4.79 Å². The van der Waals surface area contributed by atoms with Gasteiger partial charge in [0.25, 0.3) is 0 Å².